The first-order chi connectivity index (χ1) is 9.36. The molecule has 0 atom stereocenters. The van der Waals surface area contributed by atoms with Gasteiger partial charge in [0.05, 0.1) is 5.02 Å². The van der Waals surface area contributed by atoms with E-state index in [0.29, 0.717) is 11.6 Å². The van der Waals surface area contributed by atoms with Crippen LogP contribution in [-0.4, -0.2) is 29.6 Å². The molecule has 1 N–H and O–H groups in total. The fourth-order valence-electron chi connectivity index (χ4n) is 2.67. The molecule has 2 nitrogen and oxygen atoms in total. The van der Waals surface area contributed by atoms with Crippen molar-refractivity contribution in [2.24, 2.45) is 0 Å². The molecule has 0 unspecified atom stereocenters. The second-order valence-electron chi connectivity index (χ2n) is 6.56. The highest BCUT2D eigenvalue weighted by Crippen LogP contribution is 2.24. The van der Waals surface area contributed by atoms with Crippen LogP contribution in [0.1, 0.15) is 39.2 Å². The topological polar surface area (TPSA) is 15.3 Å². The lowest BCUT2D eigenvalue weighted by Crippen LogP contribution is -2.49. The maximum Gasteiger partial charge on any atom is 0.0548 e. The number of piperidine rings is 1. The van der Waals surface area contributed by atoms with Gasteiger partial charge in [-0.25, -0.2) is 0 Å². The Hall–Kier alpha value is -0.0900. The first-order valence-corrected chi connectivity index (χ1v) is 8.46. The smallest absolute Gasteiger partial charge is 0.0548 e. The van der Waals surface area contributed by atoms with Crippen molar-refractivity contribution in [3.63, 3.8) is 0 Å². The standard InChI is InChI=1S/C16H24BrClN2/c1-16(2,3)20-8-6-13(7-9-20)19-11-12-4-5-15(18)14(17)10-12/h4-5,10,13,19H,6-9,11H2,1-3H3. The van der Waals surface area contributed by atoms with Crippen LogP contribution >= 0.6 is 27.5 Å². The molecule has 1 aliphatic heterocycles. The van der Waals surface area contributed by atoms with E-state index in [1.165, 1.54) is 31.5 Å². The Labute approximate surface area is 136 Å². The molecule has 2 rings (SSSR count). The molecular formula is C16H24BrClN2. The SMILES string of the molecule is CC(C)(C)N1CCC(NCc2ccc(Cl)c(Br)c2)CC1. The molecule has 0 saturated carbocycles. The van der Waals surface area contributed by atoms with Crippen LogP contribution in [0, 0.1) is 0 Å². The minimum atomic E-state index is 0.298. The minimum Gasteiger partial charge on any atom is -0.310 e. The average Bonchev–Trinajstić information content (AvgIpc) is 2.40. The molecule has 0 aliphatic carbocycles. The molecule has 112 valence electrons. The van der Waals surface area contributed by atoms with Gasteiger partial charge in [0.25, 0.3) is 0 Å². The predicted molar refractivity (Wildman–Crippen MR) is 90.3 cm³/mol. The van der Waals surface area contributed by atoms with E-state index in [4.69, 9.17) is 11.6 Å². The molecule has 1 fully saturated rings. The molecule has 0 amide bonds. The van der Waals surface area contributed by atoms with E-state index in [2.05, 4.69) is 59.1 Å². The number of nitrogens with zero attached hydrogens (tertiary/aromatic N) is 1. The Balaban J connectivity index is 1.80. The molecule has 1 aromatic rings. The summed E-state index contributed by atoms with van der Waals surface area (Å²) in [5.41, 5.74) is 1.57. The van der Waals surface area contributed by atoms with Gasteiger partial charge in [-0.05, 0) is 67.2 Å². The second kappa shape index (κ2) is 6.78. The van der Waals surface area contributed by atoms with E-state index in [1.807, 2.05) is 6.07 Å². The van der Waals surface area contributed by atoms with Gasteiger partial charge in [-0.3, -0.25) is 4.90 Å². The summed E-state index contributed by atoms with van der Waals surface area (Å²) in [6.07, 6.45) is 2.46. The molecule has 1 saturated heterocycles. The third-order valence-corrected chi connectivity index (χ3v) is 5.24. The molecule has 1 heterocycles. The predicted octanol–water partition coefficient (Wildman–Crippen LogP) is 4.46. The van der Waals surface area contributed by atoms with Crippen molar-refractivity contribution in [2.75, 3.05) is 13.1 Å². The summed E-state index contributed by atoms with van der Waals surface area (Å²) in [6.45, 7) is 10.2. The fraction of sp³-hybridized carbons (Fsp3) is 0.625. The third kappa shape index (κ3) is 4.45. The van der Waals surface area contributed by atoms with Crippen molar-refractivity contribution in [1.29, 1.82) is 0 Å². The van der Waals surface area contributed by atoms with Gasteiger partial charge in [0.1, 0.15) is 0 Å². The third-order valence-electron chi connectivity index (χ3n) is 4.02. The lowest BCUT2D eigenvalue weighted by Gasteiger charge is -2.41. The van der Waals surface area contributed by atoms with E-state index < -0.39 is 0 Å². The van der Waals surface area contributed by atoms with Crippen molar-refractivity contribution in [2.45, 2.75) is 51.7 Å². The Kier molecular flexibility index (Phi) is 5.52. The zero-order valence-corrected chi connectivity index (χ0v) is 14.9. The van der Waals surface area contributed by atoms with Crippen molar-refractivity contribution < 1.29 is 0 Å². The summed E-state index contributed by atoms with van der Waals surface area (Å²) in [5.74, 6) is 0. The molecule has 20 heavy (non-hydrogen) atoms. The fourth-order valence-corrected chi connectivity index (χ4v) is 3.21. The van der Waals surface area contributed by atoms with Crippen LogP contribution in [0.4, 0.5) is 0 Å². The second-order valence-corrected chi connectivity index (χ2v) is 7.82. The number of benzene rings is 1. The minimum absolute atomic E-state index is 0.298. The van der Waals surface area contributed by atoms with Gasteiger partial charge >= 0.3 is 0 Å². The first kappa shape index (κ1) is 16.3. The maximum absolute atomic E-state index is 6.02. The summed E-state index contributed by atoms with van der Waals surface area (Å²) in [7, 11) is 0. The van der Waals surface area contributed by atoms with Crippen LogP contribution in [0.25, 0.3) is 0 Å². The van der Waals surface area contributed by atoms with E-state index in [-0.39, 0.29) is 0 Å². The Bertz CT molecular complexity index is 448. The van der Waals surface area contributed by atoms with Crippen LogP contribution < -0.4 is 5.32 Å². The van der Waals surface area contributed by atoms with Crippen molar-refractivity contribution >= 4 is 27.5 Å². The van der Waals surface area contributed by atoms with E-state index in [9.17, 15) is 0 Å². The van der Waals surface area contributed by atoms with Gasteiger partial charge in [0.2, 0.25) is 0 Å². The lowest BCUT2D eigenvalue weighted by atomic mass is 9.98. The number of halogens is 2. The number of rotatable bonds is 3. The maximum atomic E-state index is 6.02. The largest absolute Gasteiger partial charge is 0.310 e. The molecule has 0 spiro atoms. The zero-order valence-electron chi connectivity index (χ0n) is 12.5. The quantitative estimate of drug-likeness (QED) is 0.857. The number of nitrogens with one attached hydrogen (secondary N) is 1. The number of likely N-dealkylation sites (tertiary alicyclic amines) is 1. The average molecular weight is 360 g/mol. The molecule has 1 aliphatic rings. The summed E-state index contributed by atoms with van der Waals surface area (Å²) in [6, 6.07) is 6.76. The van der Waals surface area contributed by atoms with Gasteiger partial charge in [0.15, 0.2) is 0 Å². The van der Waals surface area contributed by atoms with Gasteiger partial charge < -0.3 is 5.32 Å². The van der Waals surface area contributed by atoms with Crippen molar-refractivity contribution in [1.82, 2.24) is 10.2 Å². The Morgan fingerprint density at radius 1 is 1.30 bits per heavy atom. The molecule has 0 aromatic heterocycles. The van der Waals surface area contributed by atoms with E-state index in [0.717, 1.165) is 16.0 Å². The first-order valence-electron chi connectivity index (χ1n) is 7.28. The monoisotopic (exact) mass is 358 g/mol. The molecule has 4 heteroatoms. The van der Waals surface area contributed by atoms with Crippen LogP contribution in [0.2, 0.25) is 5.02 Å². The van der Waals surface area contributed by atoms with Crippen LogP contribution in [0.5, 0.6) is 0 Å². The Morgan fingerprint density at radius 2 is 1.95 bits per heavy atom. The van der Waals surface area contributed by atoms with Crippen molar-refractivity contribution in [3.8, 4) is 0 Å². The van der Waals surface area contributed by atoms with E-state index in [1.54, 1.807) is 0 Å². The summed E-state index contributed by atoms with van der Waals surface area (Å²) in [5, 5.41) is 4.44. The number of hydrogen-bond acceptors (Lipinski definition) is 2. The zero-order chi connectivity index (χ0) is 14.8. The highest BCUT2D eigenvalue weighted by molar-refractivity contribution is 9.10. The highest BCUT2D eigenvalue weighted by Gasteiger charge is 2.26. The summed E-state index contributed by atoms with van der Waals surface area (Å²) < 4.78 is 0.973. The normalized spacial score (nSPS) is 18.4. The number of hydrogen-bond donors (Lipinski definition) is 1. The molecular weight excluding hydrogens is 336 g/mol. The van der Waals surface area contributed by atoms with Crippen LogP contribution in [0.3, 0.4) is 0 Å². The van der Waals surface area contributed by atoms with E-state index >= 15 is 0 Å². The van der Waals surface area contributed by atoms with Crippen molar-refractivity contribution in [3.05, 3.63) is 33.3 Å². The molecule has 0 bridgehead atoms. The highest BCUT2D eigenvalue weighted by atomic mass is 79.9. The summed E-state index contributed by atoms with van der Waals surface area (Å²) >= 11 is 9.49. The molecule has 1 aromatic carbocycles. The molecule has 0 radical (unpaired) electrons. The van der Waals surface area contributed by atoms with Crippen LogP contribution in [0.15, 0.2) is 22.7 Å². The Morgan fingerprint density at radius 3 is 2.50 bits per heavy atom. The van der Waals surface area contributed by atoms with Crippen LogP contribution in [-0.2, 0) is 6.54 Å². The van der Waals surface area contributed by atoms with Gasteiger partial charge in [-0.1, -0.05) is 17.7 Å². The van der Waals surface area contributed by atoms with Gasteiger partial charge in [-0.15, -0.1) is 0 Å². The van der Waals surface area contributed by atoms with Gasteiger partial charge in [-0.2, -0.15) is 0 Å². The lowest BCUT2D eigenvalue weighted by molar-refractivity contribution is 0.0960. The summed E-state index contributed by atoms with van der Waals surface area (Å²) in [4.78, 5) is 2.57. The van der Waals surface area contributed by atoms with Gasteiger partial charge in [0, 0.05) is 35.7 Å².